The molecule has 0 N–H and O–H groups in total. The number of nitrogens with zero attached hydrogens (tertiary/aromatic N) is 3. The van der Waals surface area contributed by atoms with Crippen molar-refractivity contribution in [3.05, 3.63) is 47.8 Å². The van der Waals surface area contributed by atoms with Gasteiger partial charge in [-0.05, 0) is 37.3 Å². The highest BCUT2D eigenvalue weighted by atomic mass is 15.3. The molecule has 0 atom stereocenters. The van der Waals surface area contributed by atoms with Crippen LogP contribution >= 0.6 is 0 Å². The molecule has 0 fully saturated rings. The van der Waals surface area contributed by atoms with Crippen molar-refractivity contribution in [2.75, 3.05) is 0 Å². The van der Waals surface area contributed by atoms with Gasteiger partial charge in [0.05, 0.1) is 23.0 Å². The zero-order valence-corrected chi connectivity index (χ0v) is 9.81. The first-order chi connectivity index (χ1) is 7.79. The van der Waals surface area contributed by atoms with E-state index in [1.807, 2.05) is 45.2 Å². The Morgan fingerprint density at radius 1 is 1.12 bits per heavy atom. The quantitative estimate of drug-likeness (QED) is 0.730. The fraction of sp³-hybridized carbons (Fsp3) is 0.231. The van der Waals surface area contributed by atoms with Gasteiger partial charge in [0.1, 0.15) is 0 Å². The van der Waals surface area contributed by atoms with E-state index in [4.69, 9.17) is 5.26 Å². The van der Waals surface area contributed by atoms with Crippen molar-refractivity contribution in [1.82, 2.24) is 9.78 Å². The van der Waals surface area contributed by atoms with Gasteiger partial charge in [0.2, 0.25) is 0 Å². The molecule has 1 heterocycles. The topological polar surface area (TPSA) is 41.6 Å². The summed E-state index contributed by atoms with van der Waals surface area (Å²) in [5.74, 6) is 0. The van der Waals surface area contributed by atoms with Crippen LogP contribution in [0.4, 0.5) is 0 Å². The molecule has 0 aliphatic heterocycles. The maximum Gasteiger partial charge on any atom is 0.0991 e. The summed E-state index contributed by atoms with van der Waals surface area (Å²) >= 11 is 0. The van der Waals surface area contributed by atoms with Crippen molar-refractivity contribution in [2.24, 2.45) is 0 Å². The molecule has 2 aromatic rings. The molecule has 3 heteroatoms. The first kappa shape index (κ1) is 12.0. The van der Waals surface area contributed by atoms with Crippen molar-refractivity contribution in [2.45, 2.75) is 20.8 Å². The van der Waals surface area contributed by atoms with Gasteiger partial charge in [-0.2, -0.15) is 10.4 Å². The van der Waals surface area contributed by atoms with Gasteiger partial charge in [0.15, 0.2) is 0 Å². The lowest BCUT2D eigenvalue weighted by atomic mass is 10.2. The zero-order valence-electron chi connectivity index (χ0n) is 9.81. The van der Waals surface area contributed by atoms with Gasteiger partial charge in [-0.15, -0.1) is 0 Å². The van der Waals surface area contributed by atoms with Gasteiger partial charge in [0, 0.05) is 6.20 Å². The summed E-state index contributed by atoms with van der Waals surface area (Å²) in [7, 11) is 0. The molecular weight excluding hydrogens is 198 g/mol. The number of aromatic nitrogens is 2. The molecule has 0 saturated carbocycles. The predicted molar refractivity (Wildman–Crippen MR) is 64.4 cm³/mol. The van der Waals surface area contributed by atoms with Crippen molar-refractivity contribution in [3.8, 4) is 11.8 Å². The Hall–Kier alpha value is -2.08. The average molecular weight is 213 g/mol. The normalized spacial score (nSPS) is 8.88. The summed E-state index contributed by atoms with van der Waals surface area (Å²) in [6, 6.07) is 11.4. The molecule has 3 nitrogen and oxygen atoms in total. The average Bonchev–Trinajstić information content (AvgIpc) is 2.79. The Labute approximate surface area is 96.0 Å². The molecule has 0 aliphatic carbocycles. The molecule has 2 rings (SSSR count). The summed E-state index contributed by atoms with van der Waals surface area (Å²) in [5, 5.41) is 12.9. The molecule has 82 valence electrons. The largest absolute Gasteiger partial charge is 0.241 e. The van der Waals surface area contributed by atoms with Gasteiger partial charge < -0.3 is 0 Å². The smallest absolute Gasteiger partial charge is 0.0991 e. The van der Waals surface area contributed by atoms with Gasteiger partial charge >= 0.3 is 0 Å². The lowest BCUT2D eigenvalue weighted by molar-refractivity contribution is 0.862. The van der Waals surface area contributed by atoms with Crippen molar-refractivity contribution in [3.63, 3.8) is 0 Å². The molecular formula is C13H15N3. The predicted octanol–water partition coefficient (Wildman–Crippen LogP) is 3.08. The van der Waals surface area contributed by atoms with Crippen LogP contribution in [-0.2, 0) is 0 Å². The number of benzene rings is 1. The monoisotopic (exact) mass is 213 g/mol. The molecule has 1 aromatic heterocycles. The molecule has 1 aromatic carbocycles. The second kappa shape index (κ2) is 5.72. The van der Waals surface area contributed by atoms with E-state index in [0.29, 0.717) is 5.56 Å². The fourth-order valence-corrected chi connectivity index (χ4v) is 1.25. The van der Waals surface area contributed by atoms with Crippen molar-refractivity contribution < 1.29 is 0 Å². The molecule has 0 unspecified atom stereocenters. The fourth-order valence-electron chi connectivity index (χ4n) is 1.25. The highest BCUT2D eigenvalue weighted by Crippen LogP contribution is 2.08. The molecule has 0 amide bonds. The molecule has 0 radical (unpaired) electrons. The Kier molecular flexibility index (Phi) is 4.28. The summed E-state index contributed by atoms with van der Waals surface area (Å²) in [5.41, 5.74) is 2.61. The lowest BCUT2D eigenvalue weighted by Crippen LogP contribution is -1.94. The van der Waals surface area contributed by atoms with Crippen LogP contribution in [0.1, 0.15) is 25.1 Å². The van der Waals surface area contributed by atoms with E-state index in [9.17, 15) is 0 Å². The molecule has 0 spiro atoms. The van der Waals surface area contributed by atoms with Crippen LogP contribution in [0.15, 0.2) is 36.5 Å². The Morgan fingerprint density at radius 2 is 1.75 bits per heavy atom. The Bertz CT molecular complexity index is 475. The second-order valence-corrected chi connectivity index (χ2v) is 3.06. The van der Waals surface area contributed by atoms with E-state index in [-0.39, 0.29) is 0 Å². The minimum atomic E-state index is 0.664. The summed E-state index contributed by atoms with van der Waals surface area (Å²) < 4.78 is 1.79. The highest BCUT2D eigenvalue weighted by Gasteiger charge is 1.97. The van der Waals surface area contributed by atoms with Gasteiger partial charge in [-0.3, -0.25) is 0 Å². The van der Waals surface area contributed by atoms with Crippen LogP contribution in [0.5, 0.6) is 0 Å². The number of aryl methyl sites for hydroxylation is 1. The zero-order chi connectivity index (χ0) is 12.0. The molecule has 0 saturated heterocycles. The van der Waals surface area contributed by atoms with E-state index in [1.54, 1.807) is 16.8 Å². The minimum absolute atomic E-state index is 0.664. The second-order valence-electron chi connectivity index (χ2n) is 3.06. The van der Waals surface area contributed by atoms with Crippen LogP contribution in [0.3, 0.4) is 0 Å². The Balaban J connectivity index is 0.000000606. The minimum Gasteiger partial charge on any atom is -0.241 e. The van der Waals surface area contributed by atoms with E-state index >= 15 is 0 Å². The first-order valence-corrected chi connectivity index (χ1v) is 5.32. The molecule has 16 heavy (non-hydrogen) atoms. The van der Waals surface area contributed by atoms with Gasteiger partial charge in [-0.1, -0.05) is 13.8 Å². The Morgan fingerprint density at radius 3 is 2.19 bits per heavy atom. The lowest BCUT2D eigenvalue weighted by Gasteiger charge is -1.99. The summed E-state index contributed by atoms with van der Waals surface area (Å²) in [6.07, 6.45) is 1.90. The molecule has 0 bridgehead atoms. The van der Waals surface area contributed by atoms with E-state index < -0.39 is 0 Å². The van der Waals surface area contributed by atoms with Crippen LogP contribution in [0.25, 0.3) is 5.69 Å². The van der Waals surface area contributed by atoms with E-state index in [0.717, 1.165) is 11.4 Å². The maximum atomic E-state index is 8.63. The van der Waals surface area contributed by atoms with Crippen molar-refractivity contribution >= 4 is 0 Å². The van der Waals surface area contributed by atoms with Crippen molar-refractivity contribution in [1.29, 1.82) is 5.26 Å². The highest BCUT2D eigenvalue weighted by molar-refractivity contribution is 5.38. The third-order valence-electron chi connectivity index (χ3n) is 1.98. The molecule has 0 aliphatic rings. The number of hydrogen-bond acceptors (Lipinski definition) is 2. The van der Waals surface area contributed by atoms with Gasteiger partial charge in [-0.25, -0.2) is 4.68 Å². The van der Waals surface area contributed by atoms with E-state index in [2.05, 4.69) is 11.2 Å². The SMILES string of the molecule is CC.Cc1ccn(-c2ccc(C#N)cc2)n1. The first-order valence-electron chi connectivity index (χ1n) is 5.32. The van der Waals surface area contributed by atoms with Crippen LogP contribution < -0.4 is 0 Å². The summed E-state index contributed by atoms with van der Waals surface area (Å²) in [6.45, 7) is 5.94. The number of rotatable bonds is 1. The summed E-state index contributed by atoms with van der Waals surface area (Å²) in [4.78, 5) is 0. The van der Waals surface area contributed by atoms with Crippen LogP contribution in [0, 0.1) is 18.3 Å². The van der Waals surface area contributed by atoms with Crippen LogP contribution in [0.2, 0.25) is 0 Å². The number of nitriles is 1. The third kappa shape index (κ3) is 2.71. The third-order valence-corrected chi connectivity index (χ3v) is 1.98. The standard InChI is InChI=1S/C11H9N3.C2H6/c1-9-6-7-14(13-9)11-4-2-10(8-12)3-5-11;1-2/h2-7H,1H3;1-2H3. The van der Waals surface area contributed by atoms with E-state index in [1.165, 1.54) is 0 Å². The van der Waals surface area contributed by atoms with Crippen LogP contribution in [-0.4, -0.2) is 9.78 Å². The maximum absolute atomic E-state index is 8.63. The van der Waals surface area contributed by atoms with Gasteiger partial charge in [0.25, 0.3) is 0 Å². The number of hydrogen-bond donors (Lipinski definition) is 0.